The van der Waals surface area contributed by atoms with Gasteiger partial charge in [0.15, 0.2) is 0 Å². The van der Waals surface area contributed by atoms with Gasteiger partial charge in [-0.3, -0.25) is 14.9 Å². The van der Waals surface area contributed by atoms with Crippen molar-refractivity contribution in [2.75, 3.05) is 5.32 Å². The molecule has 0 aromatic heterocycles. The van der Waals surface area contributed by atoms with Gasteiger partial charge >= 0.3 is 10.1 Å². The zero-order valence-corrected chi connectivity index (χ0v) is 20.2. The van der Waals surface area contributed by atoms with Gasteiger partial charge in [-0.2, -0.15) is 13.7 Å². The molecule has 35 heavy (non-hydrogen) atoms. The number of para-hydroxylation sites is 1. The van der Waals surface area contributed by atoms with Crippen molar-refractivity contribution < 1.29 is 22.3 Å². The number of carbonyl (C=O) groups excluding carboxylic acids is 1. The molecule has 0 spiro atoms. The fourth-order valence-corrected chi connectivity index (χ4v) is 4.29. The predicted octanol–water partition coefficient (Wildman–Crippen LogP) is 5.52. The summed E-state index contributed by atoms with van der Waals surface area (Å²) in [6.45, 7) is 1.49. The van der Waals surface area contributed by atoms with Gasteiger partial charge in [-0.15, -0.1) is 0 Å². The number of nitriles is 1. The van der Waals surface area contributed by atoms with Gasteiger partial charge in [0, 0.05) is 11.6 Å². The van der Waals surface area contributed by atoms with Crippen LogP contribution in [0.15, 0.2) is 71.1 Å². The standard InChI is InChI=1S/C23H15Cl2N3O6S/c1-14-5-10-18(12-21(14)28(30)31)35(32,33)34-17-8-6-15(7-9-17)11-16(13-26)23(29)27-22-19(24)3-2-4-20(22)25/h2-12H,1H3,(H,27,29)/b16-11+. The second kappa shape index (κ2) is 10.6. The average Bonchev–Trinajstić information content (AvgIpc) is 2.80. The van der Waals surface area contributed by atoms with Crippen molar-refractivity contribution in [3.63, 3.8) is 0 Å². The maximum atomic E-state index is 12.5. The summed E-state index contributed by atoms with van der Waals surface area (Å²) in [5.74, 6) is -0.817. The molecule has 0 unspecified atom stereocenters. The van der Waals surface area contributed by atoms with Crippen LogP contribution in [-0.4, -0.2) is 19.2 Å². The van der Waals surface area contributed by atoms with Crippen LogP contribution in [-0.2, 0) is 14.9 Å². The van der Waals surface area contributed by atoms with Gasteiger partial charge in [0.1, 0.15) is 22.3 Å². The lowest BCUT2D eigenvalue weighted by Crippen LogP contribution is -2.14. The van der Waals surface area contributed by atoms with Gasteiger partial charge in [-0.1, -0.05) is 47.5 Å². The Morgan fingerprint density at radius 2 is 1.74 bits per heavy atom. The van der Waals surface area contributed by atoms with E-state index in [-0.39, 0.29) is 37.6 Å². The molecule has 0 bridgehead atoms. The molecular formula is C23H15Cl2N3O6S. The number of carbonyl (C=O) groups is 1. The zero-order valence-electron chi connectivity index (χ0n) is 17.9. The summed E-state index contributed by atoms with van der Waals surface area (Å²) >= 11 is 12.1. The normalized spacial score (nSPS) is 11.4. The summed E-state index contributed by atoms with van der Waals surface area (Å²) in [6, 6.07) is 15.4. The van der Waals surface area contributed by atoms with E-state index in [4.69, 9.17) is 27.4 Å². The summed E-state index contributed by atoms with van der Waals surface area (Å²) in [4.78, 5) is 22.5. The van der Waals surface area contributed by atoms with E-state index in [2.05, 4.69) is 5.32 Å². The lowest BCUT2D eigenvalue weighted by molar-refractivity contribution is -0.385. The molecule has 0 saturated heterocycles. The van der Waals surface area contributed by atoms with Gasteiger partial charge in [-0.05, 0) is 48.9 Å². The summed E-state index contributed by atoms with van der Waals surface area (Å²) < 4.78 is 30.1. The van der Waals surface area contributed by atoms with E-state index in [1.165, 1.54) is 61.5 Å². The Kier molecular flexibility index (Phi) is 7.76. The number of amides is 1. The Hall–Kier alpha value is -3.91. The van der Waals surface area contributed by atoms with Crippen LogP contribution in [0.25, 0.3) is 6.08 Å². The minimum absolute atomic E-state index is 0.0730. The highest BCUT2D eigenvalue weighted by molar-refractivity contribution is 7.87. The Morgan fingerprint density at radius 3 is 2.31 bits per heavy atom. The van der Waals surface area contributed by atoms with Crippen LogP contribution in [0.5, 0.6) is 5.75 Å². The van der Waals surface area contributed by atoms with Crippen molar-refractivity contribution in [3.8, 4) is 11.8 Å². The van der Waals surface area contributed by atoms with E-state index < -0.39 is 20.9 Å². The summed E-state index contributed by atoms with van der Waals surface area (Å²) in [5, 5.41) is 23.4. The summed E-state index contributed by atoms with van der Waals surface area (Å²) in [5.41, 5.74) is 0.258. The molecule has 0 saturated carbocycles. The highest BCUT2D eigenvalue weighted by atomic mass is 35.5. The smallest absolute Gasteiger partial charge is 0.339 e. The van der Waals surface area contributed by atoms with Crippen molar-refractivity contribution in [3.05, 3.63) is 97.5 Å². The van der Waals surface area contributed by atoms with Crippen molar-refractivity contribution in [1.29, 1.82) is 5.26 Å². The van der Waals surface area contributed by atoms with Crippen LogP contribution in [0.4, 0.5) is 11.4 Å². The number of anilines is 1. The molecule has 1 amide bonds. The quantitative estimate of drug-likeness (QED) is 0.139. The van der Waals surface area contributed by atoms with Crippen LogP contribution in [0.2, 0.25) is 10.0 Å². The minimum atomic E-state index is -4.34. The highest BCUT2D eigenvalue weighted by Crippen LogP contribution is 2.30. The highest BCUT2D eigenvalue weighted by Gasteiger charge is 2.22. The lowest BCUT2D eigenvalue weighted by Gasteiger charge is -2.09. The van der Waals surface area contributed by atoms with Crippen molar-refractivity contribution >= 4 is 56.7 Å². The maximum absolute atomic E-state index is 12.5. The van der Waals surface area contributed by atoms with Gasteiger partial charge in [0.25, 0.3) is 11.6 Å². The van der Waals surface area contributed by atoms with Crippen molar-refractivity contribution in [2.45, 2.75) is 11.8 Å². The number of aryl methyl sites for hydroxylation is 1. The third kappa shape index (κ3) is 6.16. The van der Waals surface area contributed by atoms with E-state index in [0.29, 0.717) is 11.1 Å². The molecule has 0 aliphatic rings. The number of nitro benzene ring substituents is 1. The molecule has 1 N–H and O–H groups in total. The molecule has 178 valence electrons. The predicted molar refractivity (Wildman–Crippen MR) is 131 cm³/mol. The van der Waals surface area contributed by atoms with Gasteiger partial charge in [-0.25, -0.2) is 0 Å². The second-order valence-corrected chi connectivity index (χ2v) is 9.39. The summed E-state index contributed by atoms with van der Waals surface area (Å²) in [6.07, 6.45) is 1.28. The van der Waals surface area contributed by atoms with E-state index >= 15 is 0 Å². The Morgan fingerprint density at radius 1 is 1.11 bits per heavy atom. The molecule has 0 aliphatic carbocycles. The SMILES string of the molecule is Cc1ccc(S(=O)(=O)Oc2ccc(/C=C(\C#N)C(=O)Nc3c(Cl)cccc3Cl)cc2)cc1[N+](=O)[O-]. The first-order valence-electron chi connectivity index (χ1n) is 9.68. The lowest BCUT2D eigenvalue weighted by atomic mass is 10.1. The average molecular weight is 532 g/mol. The van der Waals surface area contributed by atoms with Crippen LogP contribution in [0.3, 0.4) is 0 Å². The van der Waals surface area contributed by atoms with Gasteiger partial charge in [0.2, 0.25) is 0 Å². The Balaban J connectivity index is 1.79. The zero-order chi connectivity index (χ0) is 25.8. The first-order chi connectivity index (χ1) is 16.5. The van der Waals surface area contributed by atoms with Gasteiger partial charge < -0.3 is 9.50 Å². The Labute approximate surface area is 210 Å². The number of nitrogens with zero attached hydrogens (tertiary/aromatic N) is 2. The fourth-order valence-electron chi connectivity index (χ4n) is 2.85. The molecule has 3 rings (SSSR count). The van der Waals surface area contributed by atoms with E-state index in [1.54, 1.807) is 12.1 Å². The minimum Gasteiger partial charge on any atom is -0.379 e. The molecule has 9 nitrogen and oxygen atoms in total. The van der Waals surface area contributed by atoms with E-state index in [9.17, 15) is 28.6 Å². The Bertz CT molecular complexity index is 1480. The molecule has 0 atom stereocenters. The van der Waals surface area contributed by atoms with Crippen molar-refractivity contribution in [2.24, 2.45) is 0 Å². The number of nitro groups is 1. The van der Waals surface area contributed by atoms with E-state index in [1.807, 2.05) is 0 Å². The fraction of sp³-hybridized carbons (Fsp3) is 0.0435. The first-order valence-corrected chi connectivity index (χ1v) is 11.8. The molecule has 0 aliphatic heterocycles. The molecule has 0 fully saturated rings. The van der Waals surface area contributed by atoms with E-state index in [0.717, 1.165) is 6.07 Å². The maximum Gasteiger partial charge on any atom is 0.339 e. The topological polar surface area (TPSA) is 139 Å². The van der Waals surface area contributed by atoms with Crippen LogP contribution in [0, 0.1) is 28.4 Å². The molecule has 0 heterocycles. The number of rotatable bonds is 7. The first kappa shape index (κ1) is 25.7. The monoisotopic (exact) mass is 531 g/mol. The number of benzene rings is 3. The third-order valence-electron chi connectivity index (χ3n) is 4.63. The molecule has 3 aromatic carbocycles. The summed E-state index contributed by atoms with van der Waals surface area (Å²) in [7, 11) is -4.34. The largest absolute Gasteiger partial charge is 0.379 e. The van der Waals surface area contributed by atoms with Crippen LogP contribution in [0.1, 0.15) is 11.1 Å². The molecular weight excluding hydrogens is 517 g/mol. The second-order valence-electron chi connectivity index (χ2n) is 7.03. The third-order valence-corrected chi connectivity index (χ3v) is 6.50. The van der Waals surface area contributed by atoms with Crippen LogP contribution < -0.4 is 9.50 Å². The number of halogens is 2. The molecule has 12 heteroatoms. The molecule has 0 radical (unpaired) electrons. The number of hydrogen-bond donors (Lipinski definition) is 1. The number of nitrogens with one attached hydrogen (secondary N) is 1. The van der Waals surface area contributed by atoms with Gasteiger partial charge in [0.05, 0.1) is 20.7 Å². The number of hydrogen-bond acceptors (Lipinski definition) is 7. The molecule has 3 aromatic rings. The van der Waals surface area contributed by atoms with Crippen molar-refractivity contribution in [1.82, 2.24) is 0 Å². The van der Waals surface area contributed by atoms with Crippen LogP contribution >= 0.6 is 23.2 Å².